The molecule has 1 aliphatic heterocycles. The molecule has 20 heavy (non-hydrogen) atoms. The number of aromatic amines is 1. The molecule has 0 amide bonds. The number of hydrogen-bond acceptors (Lipinski definition) is 4. The number of aromatic nitrogens is 3. The third-order valence-corrected chi connectivity index (χ3v) is 5.14. The van der Waals surface area contributed by atoms with E-state index >= 15 is 0 Å². The molecule has 1 saturated carbocycles. The zero-order chi connectivity index (χ0) is 14.0. The van der Waals surface area contributed by atoms with Crippen molar-refractivity contribution in [2.24, 2.45) is 5.92 Å². The van der Waals surface area contributed by atoms with E-state index in [0.29, 0.717) is 0 Å². The molecule has 3 rings (SSSR count). The van der Waals surface area contributed by atoms with Crippen LogP contribution < -0.4 is 10.2 Å². The maximum Gasteiger partial charge on any atom is 0.244 e. The molecule has 0 bridgehead atoms. The van der Waals surface area contributed by atoms with Gasteiger partial charge in [-0.2, -0.15) is 4.98 Å². The summed E-state index contributed by atoms with van der Waals surface area (Å²) in [5.41, 5.74) is 0.232. The van der Waals surface area contributed by atoms with E-state index in [0.717, 1.165) is 37.3 Å². The smallest absolute Gasteiger partial charge is 0.244 e. The van der Waals surface area contributed by atoms with Crippen molar-refractivity contribution >= 4 is 5.95 Å². The Labute approximate surface area is 121 Å². The SMILES string of the molecule is CNCC1CCN(c2n[nH]c(C3(C)CCCC3)n2)CC1. The predicted octanol–water partition coefficient (Wildman–Crippen LogP) is 2.07. The number of piperidine rings is 1. The van der Waals surface area contributed by atoms with Gasteiger partial charge in [0, 0.05) is 18.5 Å². The Bertz CT molecular complexity index is 427. The molecular weight excluding hydrogens is 250 g/mol. The molecule has 2 heterocycles. The molecule has 0 spiro atoms. The number of anilines is 1. The number of nitrogens with zero attached hydrogens (tertiary/aromatic N) is 3. The lowest BCUT2D eigenvalue weighted by molar-refractivity contribution is 0.391. The molecule has 0 radical (unpaired) electrons. The molecule has 1 aromatic heterocycles. The number of nitrogens with one attached hydrogen (secondary N) is 2. The van der Waals surface area contributed by atoms with Crippen LogP contribution in [-0.2, 0) is 5.41 Å². The maximum atomic E-state index is 4.80. The van der Waals surface area contributed by atoms with Crippen LogP contribution in [0.4, 0.5) is 5.95 Å². The summed E-state index contributed by atoms with van der Waals surface area (Å²) < 4.78 is 0. The molecule has 1 saturated heterocycles. The highest BCUT2D eigenvalue weighted by Gasteiger charge is 2.34. The minimum Gasteiger partial charge on any atom is -0.340 e. The van der Waals surface area contributed by atoms with E-state index in [1.807, 2.05) is 7.05 Å². The first kappa shape index (κ1) is 13.9. The van der Waals surface area contributed by atoms with E-state index in [9.17, 15) is 0 Å². The van der Waals surface area contributed by atoms with Crippen LogP contribution in [0.25, 0.3) is 0 Å². The summed E-state index contributed by atoms with van der Waals surface area (Å²) in [4.78, 5) is 7.14. The number of H-pyrrole nitrogens is 1. The van der Waals surface area contributed by atoms with Gasteiger partial charge in [-0.1, -0.05) is 19.8 Å². The fourth-order valence-corrected chi connectivity index (χ4v) is 3.68. The Balaban J connectivity index is 1.63. The third kappa shape index (κ3) is 2.68. The van der Waals surface area contributed by atoms with Crippen LogP contribution in [0.2, 0.25) is 0 Å². The predicted molar refractivity (Wildman–Crippen MR) is 81.1 cm³/mol. The van der Waals surface area contributed by atoms with Gasteiger partial charge in [-0.3, -0.25) is 5.10 Å². The molecule has 5 nitrogen and oxygen atoms in total. The first-order valence-corrected chi connectivity index (χ1v) is 8.04. The molecule has 1 aliphatic carbocycles. The van der Waals surface area contributed by atoms with E-state index < -0.39 is 0 Å². The van der Waals surface area contributed by atoms with Gasteiger partial charge in [-0.25, -0.2) is 0 Å². The Morgan fingerprint density at radius 1 is 1.30 bits per heavy atom. The minimum absolute atomic E-state index is 0.232. The molecule has 0 aromatic carbocycles. The maximum absolute atomic E-state index is 4.80. The van der Waals surface area contributed by atoms with Crippen LogP contribution in [0.5, 0.6) is 0 Å². The third-order valence-electron chi connectivity index (χ3n) is 5.14. The highest BCUT2D eigenvalue weighted by Crippen LogP contribution is 2.39. The average Bonchev–Trinajstić information content (AvgIpc) is 3.10. The Morgan fingerprint density at radius 3 is 2.65 bits per heavy atom. The van der Waals surface area contributed by atoms with Crippen LogP contribution >= 0.6 is 0 Å². The van der Waals surface area contributed by atoms with E-state index in [1.54, 1.807) is 0 Å². The molecule has 2 N–H and O–H groups in total. The van der Waals surface area contributed by atoms with E-state index in [-0.39, 0.29) is 5.41 Å². The van der Waals surface area contributed by atoms with Crippen molar-refractivity contribution in [3.63, 3.8) is 0 Å². The highest BCUT2D eigenvalue weighted by molar-refractivity contribution is 5.31. The lowest BCUT2D eigenvalue weighted by atomic mass is 9.88. The van der Waals surface area contributed by atoms with Crippen LogP contribution in [0.3, 0.4) is 0 Å². The van der Waals surface area contributed by atoms with Gasteiger partial charge in [0.1, 0.15) is 5.82 Å². The fraction of sp³-hybridized carbons (Fsp3) is 0.867. The van der Waals surface area contributed by atoms with E-state index in [2.05, 4.69) is 27.3 Å². The zero-order valence-corrected chi connectivity index (χ0v) is 12.8. The summed E-state index contributed by atoms with van der Waals surface area (Å²) in [5, 5.41) is 11.0. The highest BCUT2D eigenvalue weighted by atomic mass is 15.4. The fourth-order valence-electron chi connectivity index (χ4n) is 3.68. The second kappa shape index (κ2) is 5.72. The Kier molecular flexibility index (Phi) is 3.96. The van der Waals surface area contributed by atoms with Crippen molar-refractivity contribution in [2.75, 3.05) is 31.6 Å². The molecule has 5 heteroatoms. The first-order valence-electron chi connectivity index (χ1n) is 8.04. The second-order valence-electron chi connectivity index (χ2n) is 6.74. The lowest BCUT2D eigenvalue weighted by Gasteiger charge is -2.31. The monoisotopic (exact) mass is 277 g/mol. The van der Waals surface area contributed by atoms with E-state index in [4.69, 9.17) is 4.98 Å². The molecule has 0 atom stereocenters. The van der Waals surface area contributed by atoms with Gasteiger partial charge in [0.2, 0.25) is 5.95 Å². The van der Waals surface area contributed by atoms with Gasteiger partial charge in [0.05, 0.1) is 0 Å². The molecule has 112 valence electrons. The Hall–Kier alpha value is -1.10. The van der Waals surface area contributed by atoms with Crippen molar-refractivity contribution in [1.29, 1.82) is 0 Å². The van der Waals surface area contributed by atoms with Gasteiger partial charge in [-0.05, 0) is 45.2 Å². The second-order valence-corrected chi connectivity index (χ2v) is 6.74. The van der Waals surface area contributed by atoms with E-state index in [1.165, 1.54) is 38.5 Å². The molecule has 2 fully saturated rings. The van der Waals surface area contributed by atoms with Gasteiger partial charge in [-0.15, -0.1) is 5.10 Å². The largest absolute Gasteiger partial charge is 0.340 e. The molecule has 1 aromatic rings. The van der Waals surface area contributed by atoms with Crippen LogP contribution in [0, 0.1) is 5.92 Å². The normalized spacial score (nSPS) is 23.4. The summed E-state index contributed by atoms with van der Waals surface area (Å²) in [6.07, 6.45) is 7.60. The standard InChI is InChI=1S/C15H27N5/c1-15(7-3-4-8-15)13-17-14(19-18-13)20-9-5-12(6-10-20)11-16-2/h12,16H,3-11H2,1-2H3,(H,17,18,19). The molecule has 2 aliphatic rings. The minimum atomic E-state index is 0.232. The lowest BCUT2D eigenvalue weighted by Crippen LogP contribution is -2.37. The average molecular weight is 277 g/mol. The number of hydrogen-bond donors (Lipinski definition) is 2. The van der Waals surface area contributed by atoms with Crippen molar-refractivity contribution < 1.29 is 0 Å². The summed E-state index contributed by atoms with van der Waals surface area (Å²) in [7, 11) is 2.04. The van der Waals surface area contributed by atoms with Crippen LogP contribution in [0.15, 0.2) is 0 Å². The molecule has 0 unspecified atom stereocenters. The first-order chi connectivity index (χ1) is 9.71. The quantitative estimate of drug-likeness (QED) is 0.884. The van der Waals surface area contributed by atoms with Crippen LogP contribution in [0.1, 0.15) is 51.3 Å². The van der Waals surface area contributed by atoms with Crippen molar-refractivity contribution in [1.82, 2.24) is 20.5 Å². The van der Waals surface area contributed by atoms with Gasteiger partial charge in [0.15, 0.2) is 0 Å². The van der Waals surface area contributed by atoms with Crippen molar-refractivity contribution in [3.8, 4) is 0 Å². The van der Waals surface area contributed by atoms with Crippen molar-refractivity contribution in [2.45, 2.75) is 50.9 Å². The van der Waals surface area contributed by atoms with Gasteiger partial charge in [0.25, 0.3) is 0 Å². The summed E-state index contributed by atoms with van der Waals surface area (Å²) in [6, 6.07) is 0. The zero-order valence-electron chi connectivity index (χ0n) is 12.8. The van der Waals surface area contributed by atoms with Gasteiger partial charge >= 0.3 is 0 Å². The Morgan fingerprint density at radius 2 is 2.00 bits per heavy atom. The summed E-state index contributed by atoms with van der Waals surface area (Å²) in [6.45, 7) is 5.62. The molecular formula is C15H27N5. The van der Waals surface area contributed by atoms with Crippen LogP contribution in [-0.4, -0.2) is 41.9 Å². The summed E-state index contributed by atoms with van der Waals surface area (Å²) >= 11 is 0. The summed E-state index contributed by atoms with van der Waals surface area (Å²) in [5.74, 6) is 2.82. The van der Waals surface area contributed by atoms with Gasteiger partial charge < -0.3 is 10.2 Å². The topological polar surface area (TPSA) is 56.8 Å². The number of rotatable bonds is 4. The van der Waals surface area contributed by atoms with Crippen molar-refractivity contribution in [3.05, 3.63) is 5.82 Å².